The van der Waals surface area contributed by atoms with Gasteiger partial charge in [-0.05, 0) is 33.6 Å². The van der Waals surface area contributed by atoms with Gasteiger partial charge in [-0.25, -0.2) is 0 Å². The molecule has 0 aliphatic carbocycles. The van der Waals surface area contributed by atoms with Crippen LogP contribution in [-0.4, -0.2) is 53.3 Å². The molecule has 0 saturated carbocycles. The minimum absolute atomic E-state index is 0.0628. The first kappa shape index (κ1) is 19.2. The zero-order valence-corrected chi connectivity index (χ0v) is 12.1. The maximum absolute atomic E-state index is 9.90. The number of carboxylic acid groups (broad SMARTS) is 2. The lowest BCUT2D eigenvalue weighted by atomic mass is 10.2. The van der Waals surface area contributed by atoms with Crippen molar-refractivity contribution in [2.45, 2.75) is 46.5 Å². The molecule has 0 saturated heterocycles. The second-order valence-electron chi connectivity index (χ2n) is 4.56. The topological polar surface area (TPSA) is 74.6 Å². The maximum atomic E-state index is 9.90. The Morgan fingerprint density at radius 2 is 1.11 bits per heavy atom. The van der Waals surface area contributed by atoms with E-state index in [-0.39, 0.29) is 12.8 Å². The van der Waals surface area contributed by atoms with Crippen LogP contribution >= 0.6 is 0 Å². The molecule has 0 fully saturated rings. The molecule has 0 rings (SSSR count). The minimum Gasteiger partial charge on any atom is -0.481 e. The lowest BCUT2D eigenvalue weighted by Gasteiger charge is -2.30. The van der Waals surface area contributed by atoms with Gasteiger partial charge in [-0.2, -0.15) is 0 Å². The quantitative estimate of drug-likeness (QED) is 0.519. The van der Waals surface area contributed by atoms with Crippen molar-refractivity contribution < 1.29 is 24.3 Å². The number of unbranched alkanes of at least 4 members (excludes halogenated alkanes) is 1. The van der Waals surface area contributed by atoms with E-state index in [1.54, 1.807) is 0 Å². The highest BCUT2D eigenvalue weighted by Gasteiger charge is 2.10. The van der Waals surface area contributed by atoms with Crippen LogP contribution in [0.15, 0.2) is 0 Å². The van der Waals surface area contributed by atoms with Crippen LogP contribution in [0.2, 0.25) is 0 Å². The fourth-order valence-corrected chi connectivity index (χ4v) is 1.22. The Morgan fingerprint density at radius 1 is 0.833 bits per heavy atom. The fourth-order valence-electron chi connectivity index (χ4n) is 1.22. The molecule has 0 radical (unpaired) electrons. The van der Waals surface area contributed by atoms with Crippen molar-refractivity contribution >= 4 is 11.9 Å². The lowest BCUT2D eigenvalue weighted by molar-refractivity contribution is -0.904. The van der Waals surface area contributed by atoms with Crippen LogP contribution in [-0.2, 0) is 9.59 Å². The molecule has 108 valence electrons. The number of carbonyl (C=O) groups is 2. The van der Waals surface area contributed by atoms with E-state index < -0.39 is 11.9 Å². The highest BCUT2D eigenvalue weighted by molar-refractivity contribution is 5.67. The molecular formula is C13H28NO4+. The first-order valence-corrected chi connectivity index (χ1v) is 6.58. The van der Waals surface area contributed by atoms with Gasteiger partial charge in [0, 0.05) is 12.8 Å². The van der Waals surface area contributed by atoms with Gasteiger partial charge in [-0.1, -0.05) is 0 Å². The van der Waals surface area contributed by atoms with Gasteiger partial charge in [-0.15, -0.1) is 0 Å². The summed E-state index contributed by atoms with van der Waals surface area (Å²) in [6.45, 7) is 10.5. The minimum atomic E-state index is -0.870. The van der Waals surface area contributed by atoms with Crippen molar-refractivity contribution in [2.24, 2.45) is 0 Å². The van der Waals surface area contributed by atoms with Gasteiger partial charge in [0.15, 0.2) is 0 Å². The Labute approximate surface area is 110 Å². The number of hydrogen-bond acceptors (Lipinski definition) is 2. The van der Waals surface area contributed by atoms with Gasteiger partial charge in [0.25, 0.3) is 0 Å². The standard InChI is InChI=1S/C7H18N.C6H10O4/c1-5-8(4,6-2)7-3;7-5(8)3-1-2-4-6(9)10/h5-7H2,1-4H3;1-4H2,(H,7,8)(H,9,10)/q+1;. The summed E-state index contributed by atoms with van der Waals surface area (Å²) >= 11 is 0. The van der Waals surface area contributed by atoms with Crippen molar-refractivity contribution in [3.05, 3.63) is 0 Å². The second-order valence-corrected chi connectivity index (χ2v) is 4.56. The molecule has 0 heterocycles. The molecule has 0 aromatic carbocycles. The Hall–Kier alpha value is -1.10. The third kappa shape index (κ3) is 13.0. The molecule has 0 aromatic rings. The molecule has 2 N–H and O–H groups in total. The van der Waals surface area contributed by atoms with Crippen molar-refractivity contribution in [1.29, 1.82) is 0 Å². The molecule has 0 atom stereocenters. The van der Waals surface area contributed by atoms with E-state index >= 15 is 0 Å². The van der Waals surface area contributed by atoms with Crippen LogP contribution in [0.4, 0.5) is 0 Å². The predicted molar refractivity (Wildman–Crippen MR) is 71.5 cm³/mol. The zero-order valence-electron chi connectivity index (χ0n) is 12.1. The first-order chi connectivity index (χ1) is 8.31. The zero-order chi connectivity index (χ0) is 14.6. The number of nitrogens with zero attached hydrogens (tertiary/aromatic N) is 1. The van der Waals surface area contributed by atoms with Crippen molar-refractivity contribution in [3.63, 3.8) is 0 Å². The summed E-state index contributed by atoms with van der Waals surface area (Å²) in [6.07, 6.45) is 1.02. The average Bonchev–Trinajstić information content (AvgIpc) is 2.34. The number of quaternary nitrogens is 1. The van der Waals surface area contributed by atoms with E-state index in [2.05, 4.69) is 27.8 Å². The molecule has 0 bridgehead atoms. The van der Waals surface area contributed by atoms with E-state index in [4.69, 9.17) is 10.2 Å². The van der Waals surface area contributed by atoms with Gasteiger partial charge in [0.2, 0.25) is 0 Å². The third-order valence-electron chi connectivity index (χ3n) is 3.32. The highest BCUT2D eigenvalue weighted by Crippen LogP contribution is 1.99. The van der Waals surface area contributed by atoms with Crippen molar-refractivity contribution in [3.8, 4) is 0 Å². The number of carboxylic acids is 2. The van der Waals surface area contributed by atoms with E-state index in [0.29, 0.717) is 12.8 Å². The fraction of sp³-hybridized carbons (Fsp3) is 0.846. The normalized spacial score (nSPS) is 10.4. The van der Waals surface area contributed by atoms with Gasteiger partial charge in [-0.3, -0.25) is 9.59 Å². The van der Waals surface area contributed by atoms with Gasteiger partial charge in [0.05, 0.1) is 26.7 Å². The van der Waals surface area contributed by atoms with Gasteiger partial charge >= 0.3 is 11.9 Å². The number of rotatable bonds is 8. The summed E-state index contributed by atoms with van der Waals surface area (Å²) in [5.41, 5.74) is 0. The summed E-state index contributed by atoms with van der Waals surface area (Å²) < 4.78 is 1.21. The number of aliphatic carboxylic acids is 2. The summed E-state index contributed by atoms with van der Waals surface area (Å²) in [5.74, 6) is -1.74. The maximum Gasteiger partial charge on any atom is 0.303 e. The van der Waals surface area contributed by atoms with Crippen molar-refractivity contribution in [2.75, 3.05) is 26.7 Å². The first-order valence-electron chi connectivity index (χ1n) is 6.58. The largest absolute Gasteiger partial charge is 0.481 e. The van der Waals surface area contributed by atoms with Crippen LogP contribution in [0, 0.1) is 0 Å². The van der Waals surface area contributed by atoms with Crippen LogP contribution in [0.25, 0.3) is 0 Å². The number of hydrogen-bond donors (Lipinski definition) is 2. The molecule has 0 aliphatic rings. The molecule has 0 unspecified atom stereocenters. The summed E-state index contributed by atoms with van der Waals surface area (Å²) in [6, 6.07) is 0. The summed E-state index contributed by atoms with van der Waals surface area (Å²) in [7, 11) is 2.29. The third-order valence-corrected chi connectivity index (χ3v) is 3.32. The Kier molecular flexibility index (Phi) is 11.8. The second kappa shape index (κ2) is 11.0. The molecular weight excluding hydrogens is 234 g/mol. The van der Waals surface area contributed by atoms with Crippen LogP contribution in [0.3, 0.4) is 0 Å². The van der Waals surface area contributed by atoms with Crippen molar-refractivity contribution in [1.82, 2.24) is 0 Å². The molecule has 0 spiro atoms. The van der Waals surface area contributed by atoms with Crippen LogP contribution < -0.4 is 0 Å². The Morgan fingerprint density at radius 3 is 1.22 bits per heavy atom. The lowest BCUT2D eigenvalue weighted by Crippen LogP contribution is -2.42. The SMILES string of the molecule is CC[N+](C)(CC)CC.O=C(O)CCCCC(=O)O. The summed E-state index contributed by atoms with van der Waals surface area (Å²) in [5, 5.41) is 16.3. The van der Waals surface area contributed by atoms with E-state index in [0.717, 1.165) is 0 Å². The molecule has 0 aromatic heterocycles. The van der Waals surface area contributed by atoms with E-state index in [9.17, 15) is 9.59 Å². The molecule has 0 amide bonds. The van der Waals surface area contributed by atoms with E-state index in [1.807, 2.05) is 0 Å². The molecule has 5 heteroatoms. The smallest absolute Gasteiger partial charge is 0.303 e. The van der Waals surface area contributed by atoms with E-state index in [1.165, 1.54) is 24.1 Å². The predicted octanol–water partition coefficient (Wildman–Crippen LogP) is 2.21. The molecule has 0 aliphatic heterocycles. The Balaban J connectivity index is 0. The van der Waals surface area contributed by atoms with Gasteiger partial charge in [0.1, 0.15) is 0 Å². The van der Waals surface area contributed by atoms with Gasteiger partial charge < -0.3 is 14.7 Å². The average molecular weight is 262 g/mol. The monoisotopic (exact) mass is 262 g/mol. The summed E-state index contributed by atoms with van der Waals surface area (Å²) in [4.78, 5) is 19.8. The molecule has 5 nitrogen and oxygen atoms in total. The Bertz CT molecular complexity index is 213. The van der Waals surface area contributed by atoms with Crippen LogP contribution in [0.5, 0.6) is 0 Å². The molecule has 18 heavy (non-hydrogen) atoms. The van der Waals surface area contributed by atoms with Crippen LogP contribution in [0.1, 0.15) is 46.5 Å². The highest BCUT2D eigenvalue weighted by atomic mass is 16.4.